The van der Waals surface area contributed by atoms with Crippen molar-refractivity contribution in [3.63, 3.8) is 0 Å². The van der Waals surface area contributed by atoms with Crippen LogP contribution in [0.2, 0.25) is 0 Å². The fourth-order valence-electron chi connectivity index (χ4n) is 2.53. The Morgan fingerprint density at radius 1 is 1.39 bits per heavy atom. The van der Waals surface area contributed by atoms with Crippen molar-refractivity contribution in [2.75, 3.05) is 11.9 Å². The summed E-state index contributed by atoms with van der Waals surface area (Å²) in [5.74, 6) is 2.46. The Balaban J connectivity index is 2.12. The molecule has 0 radical (unpaired) electrons. The van der Waals surface area contributed by atoms with Crippen LogP contribution in [0.3, 0.4) is 0 Å². The van der Waals surface area contributed by atoms with Crippen LogP contribution in [0.1, 0.15) is 58.2 Å². The van der Waals surface area contributed by atoms with Gasteiger partial charge in [0.2, 0.25) is 0 Å². The minimum atomic E-state index is 0.496. The minimum Gasteiger partial charge on any atom is -0.369 e. The lowest BCUT2D eigenvalue weighted by Gasteiger charge is -2.33. The van der Waals surface area contributed by atoms with E-state index in [2.05, 4.69) is 52.0 Å². The summed E-state index contributed by atoms with van der Waals surface area (Å²) in [6, 6.07) is 0. The Hall–Kier alpha value is -0.640. The smallest absolute Gasteiger partial charge is 0.144 e. The first-order valence-electron chi connectivity index (χ1n) is 6.78. The number of aromatic nitrogens is 2. The third-order valence-corrected chi connectivity index (χ3v) is 4.39. The molecule has 0 aromatic carbocycles. The zero-order chi connectivity index (χ0) is 13.2. The van der Waals surface area contributed by atoms with Gasteiger partial charge in [0, 0.05) is 18.7 Å². The van der Waals surface area contributed by atoms with E-state index in [9.17, 15) is 0 Å². The van der Waals surface area contributed by atoms with Crippen LogP contribution in [0.15, 0.2) is 10.7 Å². The average Bonchev–Trinajstić information content (AvgIpc) is 2.32. The van der Waals surface area contributed by atoms with Crippen LogP contribution in [0.25, 0.3) is 0 Å². The van der Waals surface area contributed by atoms with Crippen LogP contribution in [-0.4, -0.2) is 16.5 Å². The molecule has 1 saturated carbocycles. The molecule has 1 aromatic rings. The van der Waals surface area contributed by atoms with E-state index < -0.39 is 0 Å². The summed E-state index contributed by atoms with van der Waals surface area (Å²) in [6.45, 7) is 7.68. The fraction of sp³-hybridized carbons (Fsp3) is 0.714. The number of nitrogens with one attached hydrogen (secondary N) is 1. The summed E-state index contributed by atoms with van der Waals surface area (Å²) < 4.78 is 0.948. The lowest BCUT2D eigenvalue weighted by atomic mass is 9.73. The molecule has 100 valence electrons. The summed E-state index contributed by atoms with van der Waals surface area (Å²) in [4.78, 5) is 9.16. The number of nitrogens with zero attached hydrogens (tertiary/aromatic N) is 2. The van der Waals surface area contributed by atoms with Crippen molar-refractivity contribution in [1.82, 2.24) is 9.97 Å². The van der Waals surface area contributed by atoms with Gasteiger partial charge in [-0.15, -0.1) is 0 Å². The van der Waals surface area contributed by atoms with Gasteiger partial charge < -0.3 is 5.32 Å². The van der Waals surface area contributed by atoms with Crippen molar-refractivity contribution in [3.8, 4) is 0 Å². The highest BCUT2D eigenvalue weighted by Crippen LogP contribution is 2.41. The predicted octanol–water partition coefficient (Wildman–Crippen LogP) is 4.35. The molecule has 1 aliphatic carbocycles. The first-order chi connectivity index (χ1) is 8.52. The van der Waals surface area contributed by atoms with Gasteiger partial charge in [0.05, 0.1) is 4.47 Å². The molecule has 1 fully saturated rings. The molecule has 1 heterocycles. The maximum absolute atomic E-state index is 4.66. The van der Waals surface area contributed by atoms with Gasteiger partial charge in [-0.25, -0.2) is 9.97 Å². The van der Waals surface area contributed by atoms with Crippen LogP contribution in [-0.2, 0) is 0 Å². The number of rotatable bonds is 3. The second kappa shape index (κ2) is 5.55. The number of hydrogen-bond donors (Lipinski definition) is 1. The van der Waals surface area contributed by atoms with Gasteiger partial charge in [-0.05, 0) is 54.0 Å². The minimum absolute atomic E-state index is 0.496. The summed E-state index contributed by atoms with van der Waals surface area (Å²) in [6.07, 6.45) is 6.84. The lowest BCUT2D eigenvalue weighted by Crippen LogP contribution is -2.21. The average molecular weight is 312 g/mol. The van der Waals surface area contributed by atoms with Crippen LogP contribution >= 0.6 is 15.9 Å². The van der Waals surface area contributed by atoms with Crippen molar-refractivity contribution < 1.29 is 0 Å². The third-order valence-electron chi connectivity index (χ3n) is 3.81. The van der Waals surface area contributed by atoms with Crippen LogP contribution in [0.4, 0.5) is 5.82 Å². The third kappa shape index (κ3) is 3.22. The summed E-state index contributed by atoms with van der Waals surface area (Å²) in [5.41, 5.74) is 0.496. The molecule has 18 heavy (non-hydrogen) atoms. The van der Waals surface area contributed by atoms with E-state index in [-0.39, 0.29) is 0 Å². The van der Waals surface area contributed by atoms with Crippen LogP contribution in [0.5, 0.6) is 0 Å². The predicted molar refractivity (Wildman–Crippen MR) is 78.9 cm³/mol. The molecule has 4 heteroatoms. The molecule has 1 aromatic heterocycles. The molecular formula is C14H22BrN3. The van der Waals surface area contributed by atoms with Gasteiger partial charge in [0.1, 0.15) is 11.6 Å². The van der Waals surface area contributed by atoms with E-state index in [0.717, 1.165) is 22.7 Å². The van der Waals surface area contributed by atoms with E-state index >= 15 is 0 Å². The molecule has 0 bridgehead atoms. The number of halogens is 1. The highest BCUT2D eigenvalue weighted by atomic mass is 79.9. The molecular weight excluding hydrogens is 290 g/mol. The Kier molecular flexibility index (Phi) is 4.25. The van der Waals surface area contributed by atoms with Crippen molar-refractivity contribution >= 4 is 21.7 Å². The first kappa shape index (κ1) is 13.8. The Morgan fingerprint density at radius 3 is 2.67 bits per heavy atom. The summed E-state index contributed by atoms with van der Waals surface area (Å²) in [5, 5.41) is 3.27. The molecule has 0 saturated heterocycles. The molecule has 0 spiro atoms. The second-order valence-corrected chi connectivity index (χ2v) is 6.75. The van der Waals surface area contributed by atoms with E-state index in [1.165, 1.54) is 25.7 Å². The molecule has 0 aliphatic heterocycles. The van der Waals surface area contributed by atoms with Gasteiger partial charge in [0.15, 0.2) is 0 Å². The fourth-order valence-corrected chi connectivity index (χ4v) is 2.86. The lowest BCUT2D eigenvalue weighted by molar-refractivity contribution is 0.221. The monoisotopic (exact) mass is 311 g/mol. The molecule has 1 aliphatic rings. The quantitative estimate of drug-likeness (QED) is 0.901. The summed E-state index contributed by atoms with van der Waals surface area (Å²) in [7, 11) is 0. The molecule has 0 amide bonds. The molecule has 0 atom stereocenters. The summed E-state index contributed by atoms with van der Waals surface area (Å²) >= 11 is 3.49. The van der Waals surface area contributed by atoms with Crippen LogP contribution in [0, 0.1) is 5.41 Å². The van der Waals surface area contributed by atoms with E-state index in [1.807, 2.05) is 6.20 Å². The van der Waals surface area contributed by atoms with Gasteiger partial charge >= 0.3 is 0 Å². The Labute approximate surface area is 118 Å². The second-order valence-electron chi connectivity index (χ2n) is 5.89. The van der Waals surface area contributed by atoms with Crippen LogP contribution < -0.4 is 5.32 Å². The normalized spacial score (nSPS) is 19.8. The number of hydrogen-bond acceptors (Lipinski definition) is 3. The van der Waals surface area contributed by atoms with Gasteiger partial charge in [0.25, 0.3) is 0 Å². The van der Waals surface area contributed by atoms with E-state index in [0.29, 0.717) is 11.3 Å². The zero-order valence-corrected chi connectivity index (χ0v) is 13.0. The highest BCUT2D eigenvalue weighted by Gasteiger charge is 2.29. The van der Waals surface area contributed by atoms with Crippen molar-refractivity contribution in [3.05, 3.63) is 16.5 Å². The molecule has 2 rings (SSSR count). The van der Waals surface area contributed by atoms with Gasteiger partial charge in [-0.3, -0.25) is 0 Å². The topological polar surface area (TPSA) is 37.8 Å². The molecule has 0 unspecified atom stereocenters. The zero-order valence-electron chi connectivity index (χ0n) is 11.5. The Bertz CT molecular complexity index is 408. The number of anilines is 1. The standard InChI is InChI=1S/C14H22BrN3/c1-4-16-13-11(15)9-17-12(18-13)10-5-7-14(2,3)8-6-10/h9-10H,4-8H2,1-3H3,(H,16,17,18). The van der Waals surface area contributed by atoms with E-state index in [4.69, 9.17) is 0 Å². The SMILES string of the molecule is CCNc1nc(C2CCC(C)(C)CC2)ncc1Br. The first-order valence-corrected chi connectivity index (χ1v) is 7.57. The van der Waals surface area contributed by atoms with Crippen molar-refractivity contribution in [1.29, 1.82) is 0 Å². The van der Waals surface area contributed by atoms with Crippen molar-refractivity contribution in [2.24, 2.45) is 5.41 Å². The largest absolute Gasteiger partial charge is 0.369 e. The van der Waals surface area contributed by atoms with Crippen molar-refractivity contribution in [2.45, 2.75) is 52.4 Å². The van der Waals surface area contributed by atoms with E-state index in [1.54, 1.807) is 0 Å². The highest BCUT2D eigenvalue weighted by molar-refractivity contribution is 9.10. The molecule has 1 N–H and O–H groups in total. The molecule has 3 nitrogen and oxygen atoms in total. The maximum atomic E-state index is 4.66. The van der Waals surface area contributed by atoms with Gasteiger partial charge in [-0.1, -0.05) is 13.8 Å². The van der Waals surface area contributed by atoms with Gasteiger partial charge in [-0.2, -0.15) is 0 Å². The Morgan fingerprint density at radius 2 is 2.06 bits per heavy atom. The maximum Gasteiger partial charge on any atom is 0.144 e.